The summed E-state index contributed by atoms with van der Waals surface area (Å²) in [6.45, 7) is 5.25. The van der Waals surface area contributed by atoms with Crippen LogP contribution in [0.1, 0.15) is 31.3 Å². The molecule has 0 spiro atoms. The van der Waals surface area contributed by atoms with Crippen molar-refractivity contribution >= 4 is 34.2 Å². The summed E-state index contributed by atoms with van der Waals surface area (Å²) in [6, 6.07) is 6.73. The normalized spacial score (nSPS) is 11.0. The van der Waals surface area contributed by atoms with Crippen molar-refractivity contribution in [2.45, 2.75) is 26.4 Å². The van der Waals surface area contributed by atoms with Crippen LogP contribution in [-0.4, -0.2) is 34.9 Å². The number of anilines is 2. The van der Waals surface area contributed by atoms with Crippen molar-refractivity contribution < 1.29 is 24.2 Å². The van der Waals surface area contributed by atoms with Gasteiger partial charge in [0.1, 0.15) is 11.4 Å². The highest BCUT2D eigenvalue weighted by Crippen LogP contribution is 2.31. The summed E-state index contributed by atoms with van der Waals surface area (Å²) in [6.07, 6.45) is -0.640. The van der Waals surface area contributed by atoms with Crippen LogP contribution < -0.4 is 9.64 Å². The number of aromatic carboxylic acids is 1. The third-order valence-corrected chi connectivity index (χ3v) is 3.63. The van der Waals surface area contributed by atoms with E-state index in [-0.39, 0.29) is 10.8 Å². The van der Waals surface area contributed by atoms with Crippen LogP contribution in [0.25, 0.3) is 0 Å². The number of carbonyl (C=O) groups is 2. The fourth-order valence-corrected chi connectivity index (χ4v) is 2.60. The van der Waals surface area contributed by atoms with E-state index < -0.39 is 17.7 Å². The number of carbonyl (C=O) groups excluding carboxylic acids is 1. The quantitative estimate of drug-likeness (QED) is 0.899. The largest absolute Gasteiger partial charge is 0.497 e. The molecule has 0 bridgehead atoms. The zero-order valence-electron chi connectivity index (χ0n) is 13.8. The Bertz CT molecular complexity index is 734. The van der Waals surface area contributed by atoms with Gasteiger partial charge in [0.15, 0.2) is 10.8 Å². The monoisotopic (exact) mass is 350 g/mol. The molecule has 2 aromatic rings. The van der Waals surface area contributed by atoms with Gasteiger partial charge >= 0.3 is 12.1 Å². The molecule has 7 nitrogen and oxygen atoms in total. The Kier molecular flexibility index (Phi) is 5.08. The minimum atomic E-state index is -1.16. The SMILES string of the molecule is COc1ccc(N(C(=O)OC(C)(C)C)c2nc(C(=O)O)cs2)cc1. The molecule has 0 saturated carbocycles. The van der Waals surface area contributed by atoms with E-state index in [2.05, 4.69) is 4.98 Å². The van der Waals surface area contributed by atoms with Gasteiger partial charge in [0.2, 0.25) is 0 Å². The van der Waals surface area contributed by atoms with Crippen LogP contribution in [0.3, 0.4) is 0 Å². The molecule has 0 saturated heterocycles. The summed E-state index contributed by atoms with van der Waals surface area (Å²) in [5.74, 6) is -0.523. The van der Waals surface area contributed by atoms with Gasteiger partial charge in [-0.25, -0.2) is 19.5 Å². The molecule has 1 amide bonds. The van der Waals surface area contributed by atoms with Crippen molar-refractivity contribution in [3.8, 4) is 5.75 Å². The zero-order valence-corrected chi connectivity index (χ0v) is 14.6. The number of benzene rings is 1. The fraction of sp³-hybridized carbons (Fsp3) is 0.312. The molecule has 0 aliphatic heterocycles. The average Bonchev–Trinajstić information content (AvgIpc) is 2.96. The molecule has 1 heterocycles. The number of ether oxygens (including phenoxy) is 2. The van der Waals surface area contributed by atoms with Crippen molar-refractivity contribution in [1.82, 2.24) is 4.98 Å². The molecule has 2 rings (SSSR count). The second kappa shape index (κ2) is 6.88. The highest BCUT2D eigenvalue weighted by molar-refractivity contribution is 7.14. The Hall–Kier alpha value is -2.61. The molecule has 0 fully saturated rings. The van der Waals surface area contributed by atoms with Crippen molar-refractivity contribution in [1.29, 1.82) is 0 Å². The average molecular weight is 350 g/mol. The van der Waals surface area contributed by atoms with Gasteiger partial charge in [0.05, 0.1) is 12.8 Å². The van der Waals surface area contributed by atoms with E-state index in [9.17, 15) is 9.59 Å². The standard InChI is InChI=1S/C16H18N2O5S/c1-16(2,3)23-15(21)18(10-5-7-11(22-4)8-6-10)14-17-12(9-24-14)13(19)20/h5-9H,1-4H3,(H,19,20). The van der Waals surface area contributed by atoms with Crippen LogP contribution in [0, 0.1) is 0 Å². The summed E-state index contributed by atoms with van der Waals surface area (Å²) in [5, 5.41) is 10.6. The maximum absolute atomic E-state index is 12.6. The minimum Gasteiger partial charge on any atom is -0.497 e. The second-order valence-corrected chi connectivity index (χ2v) is 6.67. The number of methoxy groups -OCH3 is 1. The molecule has 0 aliphatic rings. The highest BCUT2D eigenvalue weighted by atomic mass is 32.1. The fourth-order valence-electron chi connectivity index (χ4n) is 1.80. The first kappa shape index (κ1) is 17.7. The molecule has 1 N–H and O–H groups in total. The maximum atomic E-state index is 12.6. The first-order chi connectivity index (χ1) is 11.2. The topological polar surface area (TPSA) is 89.0 Å². The van der Waals surface area contributed by atoms with E-state index in [4.69, 9.17) is 14.6 Å². The van der Waals surface area contributed by atoms with Crippen LogP contribution >= 0.6 is 11.3 Å². The van der Waals surface area contributed by atoms with Crippen LogP contribution in [0.15, 0.2) is 29.6 Å². The highest BCUT2D eigenvalue weighted by Gasteiger charge is 2.27. The molecule has 0 atom stereocenters. The molecule has 24 heavy (non-hydrogen) atoms. The second-order valence-electron chi connectivity index (χ2n) is 5.83. The number of carboxylic acids is 1. The molecule has 1 aromatic carbocycles. The first-order valence-corrected chi connectivity index (χ1v) is 7.95. The van der Waals surface area contributed by atoms with Gasteiger partial charge in [0, 0.05) is 5.38 Å². The van der Waals surface area contributed by atoms with Gasteiger partial charge in [-0.15, -0.1) is 11.3 Å². The summed E-state index contributed by atoms with van der Waals surface area (Å²) >= 11 is 1.05. The molecule has 0 radical (unpaired) electrons. The van der Waals surface area contributed by atoms with Gasteiger partial charge in [-0.1, -0.05) is 0 Å². The number of hydrogen-bond donors (Lipinski definition) is 1. The Morgan fingerprint density at radius 3 is 2.29 bits per heavy atom. The maximum Gasteiger partial charge on any atom is 0.421 e. The van der Waals surface area contributed by atoms with Crippen LogP contribution in [0.5, 0.6) is 5.75 Å². The van der Waals surface area contributed by atoms with E-state index in [1.807, 2.05) is 0 Å². The Balaban J connectivity index is 2.43. The number of nitrogens with zero attached hydrogens (tertiary/aromatic N) is 2. The first-order valence-electron chi connectivity index (χ1n) is 7.07. The smallest absolute Gasteiger partial charge is 0.421 e. The van der Waals surface area contributed by atoms with Gasteiger partial charge < -0.3 is 14.6 Å². The lowest BCUT2D eigenvalue weighted by Crippen LogP contribution is -2.33. The zero-order chi connectivity index (χ0) is 17.9. The summed E-state index contributed by atoms with van der Waals surface area (Å²) in [4.78, 5) is 28.9. The number of rotatable bonds is 4. The van der Waals surface area contributed by atoms with Crippen LogP contribution in [0.2, 0.25) is 0 Å². The van der Waals surface area contributed by atoms with Gasteiger partial charge in [-0.3, -0.25) is 0 Å². The predicted octanol–water partition coefficient (Wildman–Crippen LogP) is 3.92. The summed E-state index contributed by atoms with van der Waals surface area (Å²) in [7, 11) is 1.54. The number of aromatic nitrogens is 1. The van der Waals surface area contributed by atoms with Crippen molar-refractivity contribution in [3.63, 3.8) is 0 Å². The molecule has 128 valence electrons. The minimum absolute atomic E-state index is 0.128. The third-order valence-electron chi connectivity index (χ3n) is 2.81. The van der Waals surface area contributed by atoms with E-state index in [0.717, 1.165) is 11.3 Å². The molecular formula is C16H18N2O5S. The van der Waals surface area contributed by atoms with Gasteiger partial charge in [-0.05, 0) is 45.0 Å². The molecular weight excluding hydrogens is 332 g/mol. The predicted molar refractivity (Wildman–Crippen MR) is 90.4 cm³/mol. The van der Waals surface area contributed by atoms with Gasteiger partial charge in [0.25, 0.3) is 0 Å². The number of amides is 1. The van der Waals surface area contributed by atoms with Gasteiger partial charge in [-0.2, -0.15) is 0 Å². The Morgan fingerprint density at radius 2 is 1.83 bits per heavy atom. The lowest BCUT2D eigenvalue weighted by molar-refractivity contribution is 0.0596. The molecule has 0 unspecified atom stereocenters. The van der Waals surface area contributed by atoms with E-state index >= 15 is 0 Å². The lowest BCUT2D eigenvalue weighted by atomic mass is 10.2. The number of thiazole rings is 1. The Labute approximate surface area is 143 Å². The van der Waals surface area contributed by atoms with Crippen LogP contribution in [0.4, 0.5) is 15.6 Å². The van der Waals surface area contributed by atoms with Crippen molar-refractivity contribution in [2.75, 3.05) is 12.0 Å². The number of carboxylic acid groups (broad SMARTS) is 1. The van der Waals surface area contributed by atoms with Crippen molar-refractivity contribution in [3.05, 3.63) is 35.3 Å². The summed E-state index contributed by atoms with van der Waals surface area (Å²) in [5.41, 5.74) is -0.331. The summed E-state index contributed by atoms with van der Waals surface area (Å²) < 4.78 is 10.5. The van der Waals surface area contributed by atoms with Crippen LogP contribution in [-0.2, 0) is 4.74 Å². The molecule has 0 aliphatic carbocycles. The van der Waals surface area contributed by atoms with E-state index in [1.54, 1.807) is 52.1 Å². The molecule has 1 aromatic heterocycles. The van der Waals surface area contributed by atoms with Crippen molar-refractivity contribution in [2.24, 2.45) is 0 Å². The van der Waals surface area contributed by atoms with E-state index in [1.165, 1.54) is 10.3 Å². The third kappa shape index (κ3) is 4.23. The lowest BCUT2D eigenvalue weighted by Gasteiger charge is -2.25. The van der Waals surface area contributed by atoms with E-state index in [0.29, 0.717) is 11.4 Å². The number of hydrogen-bond acceptors (Lipinski definition) is 6. The molecule has 8 heteroatoms. The Morgan fingerprint density at radius 1 is 1.21 bits per heavy atom.